The number of ether oxygens (including phenoxy) is 1. The first-order valence-corrected chi connectivity index (χ1v) is 11.1. The Morgan fingerprint density at radius 1 is 1.13 bits per heavy atom. The lowest BCUT2D eigenvalue weighted by Gasteiger charge is -2.11. The van der Waals surface area contributed by atoms with Gasteiger partial charge in [-0.1, -0.05) is 35.9 Å². The van der Waals surface area contributed by atoms with Crippen LogP contribution in [0, 0.1) is 9.39 Å². The Morgan fingerprint density at radius 3 is 2.47 bits per heavy atom. The molecule has 30 heavy (non-hydrogen) atoms. The van der Waals surface area contributed by atoms with Crippen molar-refractivity contribution in [2.24, 2.45) is 5.10 Å². The average molecular weight is 602 g/mol. The zero-order valence-electron chi connectivity index (χ0n) is 15.5. The summed E-state index contributed by atoms with van der Waals surface area (Å²) in [5.74, 6) is -0.112. The number of hydrogen-bond donors (Lipinski definition) is 1. The molecule has 3 rings (SSSR count). The third-order valence-corrected chi connectivity index (χ3v) is 5.59. The summed E-state index contributed by atoms with van der Waals surface area (Å²) in [6, 6.07) is 17.3. The van der Waals surface area contributed by atoms with Gasteiger partial charge >= 0.3 is 0 Å². The van der Waals surface area contributed by atoms with E-state index in [-0.39, 0.29) is 18.1 Å². The van der Waals surface area contributed by atoms with E-state index in [1.54, 1.807) is 24.3 Å². The highest BCUT2D eigenvalue weighted by atomic mass is 127. The Bertz CT molecular complexity index is 1040. The molecule has 0 saturated heterocycles. The third kappa shape index (κ3) is 6.78. The van der Waals surface area contributed by atoms with Crippen molar-refractivity contribution < 1.29 is 13.9 Å². The highest BCUT2D eigenvalue weighted by Gasteiger charge is 2.10. The van der Waals surface area contributed by atoms with Crippen molar-refractivity contribution in [2.75, 3.05) is 0 Å². The second-order valence-electron chi connectivity index (χ2n) is 6.33. The predicted molar refractivity (Wildman–Crippen MR) is 128 cm³/mol. The molecule has 0 saturated carbocycles. The molecule has 0 unspecified atom stereocenters. The van der Waals surface area contributed by atoms with Gasteiger partial charge in [0.1, 0.15) is 12.4 Å². The Labute approximate surface area is 200 Å². The monoisotopic (exact) mass is 600 g/mol. The lowest BCUT2D eigenvalue weighted by atomic mass is 10.1. The van der Waals surface area contributed by atoms with Gasteiger partial charge in [0.25, 0.3) is 0 Å². The lowest BCUT2D eigenvalue weighted by molar-refractivity contribution is -0.120. The number of halogens is 4. The molecular formula is C22H16BrClFIN2O2. The molecule has 0 aromatic heterocycles. The van der Waals surface area contributed by atoms with E-state index in [0.29, 0.717) is 33.0 Å². The van der Waals surface area contributed by atoms with Crippen LogP contribution in [0.1, 0.15) is 16.7 Å². The number of rotatable bonds is 7. The minimum atomic E-state index is -0.342. The summed E-state index contributed by atoms with van der Waals surface area (Å²) in [5, 5.41) is 4.37. The topological polar surface area (TPSA) is 50.7 Å². The van der Waals surface area contributed by atoms with E-state index in [9.17, 15) is 9.18 Å². The standard InChI is InChI=1S/C22H16BrClFIN2O2/c23-19-9-16(12-27-28-21(29)11-14-1-5-17(25)6-2-14)10-20(24)22(19)30-13-15-3-7-18(26)8-4-15/h1-10,12H,11,13H2,(H,28,29)/b27-12+. The van der Waals surface area contributed by atoms with Crippen molar-refractivity contribution in [1.29, 1.82) is 0 Å². The number of hydrazone groups is 1. The maximum absolute atomic E-state index is 12.9. The van der Waals surface area contributed by atoms with Crippen LogP contribution < -0.4 is 10.2 Å². The summed E-state index contributed by atoms with van der Waals surface area (Å²) in [5.41, 5.74) is 4.87. The van der Waals surface area contributed by atoms with Crippen molar-refractivity contribution in [3.8, 4) is 5.75 Å². The summed E-state index contributed by atoms with van der Waals surface area (Å²) in [7, 11) is 0. The van der Waals surface area contributed by atoms with E-state index in [0.717, 1.165) is 9.13 Å². The van der Waals surface area contributed by atoms with Gasteiger partial charge in [0, 0.05) is 3.57 Å². The molecule has 0 spiro atoms. The molecule has 3 aromatic rings. The SMILES string of the molecule is O=C(Cc1ccc(F)cc1)N/N=C/c1cc(Cl)c(OCc2ccc(I)cc2)c(Br)c1. The molecule has 0 atom stereocenters. The molecule has 0 aliphatic heterocycles. The minimum absolute atomic E-state index is 0.105. The molecule has 1 amide bonds. The highest BCUT2D eigenvalue weighted by molar-refractivity contribution is 14.1. The van der Waals surface area contributed by atoms with E-state index in [1.807, 2.05) is 24.3 Å². The Morgan fingerprint density at radius 2 is 1.80 bits per heavy atom. The summed E-state index contributed by atoms with van der Waals surface area (Å²) in [4.78, 5) is 11.9. The van der Waals surface area contributed by atoms with Crippen LogP contribution in [-0.2, 0) is 17.8 Å². The fraction of sp³-hybridized carbons (Fsp3) is 0.0909. The predicted octanol–water partition coefficient (Wildman–Crippen LogP) is 6.12. The third-order valence-electron chi connectivity index (χ3n) is 4.00. The fourth-order valence-electron chi connectivity index (χ4n) is 2.53. The molecular weight excluding hydrogens is 586 g/mol. The molecule has 1 N–H and O–H groups in total. The zero-order chi connectivity index (χ0) is 21.5. The van der Waals surface area contributed by atoms with E-state index in [1.165, 1.54) is 18.3 Å². The number of carbonyl (C=O) groups is 1. The lowest BCUT2D eigenvalue weighted by Crippen LogP contribution is -2.19. The Balaban J connectivity index is 1.57. The van der Waals surface area contributed by atoms with Crippen LogP contribution >= 0.6 is 50.1 Å². The van der Waals surface area contributed by atoms with Gasteiger partial charge in [0.15, 0.2) is 5.75 Å². The van der Waals surface area contributed by atoms with Gasteiger partial charge in [-0.2, -0.15) is 5.10 Å². The van der Waals surface area contributed by atoms with Crippen molar-refractivity contribution >= 4 is 62.2 Å². The quantitative estimate of drug-likeness (QED) is 0.202. The Hall–Kier alpha value is -1.97. The van der Waals surface area contributed by atoms with Crippen molar-refractivity contribution in [3.05, 3.63) is 96.2 Å². The maximum atomic E-state index is 12.9. The molecule has 0 heterocycles. The van der Waals surface area contributed by atoms with E-state index >= 15 is 0 Å². The summed E-state index contributed by atoms with van der Waals surface area (Å²) in [6.45, 7) is 0.391. The van der Waals surface area contributed by atoms with Crippen LogP contribution in [0.5, 0.6) is 5.75 Å². The molecule has 3 aromatic carbocycles. The number of benzene rings is 3. The van der Waals surface area contributed by atoms with Gasteiger partial charge in [-0.3, -0.25) is 4.79 Å². The number of carbonyl (C=O) groups excluding carboxylic acids is 1. The number of nitrogens with zero attached hydrogens (tertiary/aromatic N) is 1. The van der Waals surface area contributed by atoms with Crippen LogP contribution in [0.25, 0.3) is 0 Å². The number of amides is 1. The smallest absolute Gasteiger partial charge is 0.244 e. The van der Waals surface area contributed by atoms with Crippen molar-refractivity contribution in [3.63, 3.8) is 0 Å². The van der Waals surface area contributed by atoms with Gasteiger partial charge in [-0.25, -0.2) is 9.82 Å². The average Bonchev–Trinajstić information content (AvgIpc) is 2.70. The van der Waals surface area contributed by atoms with Gasteiger partial charge in [0.05, 0.1) is 22.1 Å². The molecule has 0 radical (unpaired) electrons. The largest absolute Gasteiger partial charge is 0.486 e. The summed E-state index contributed by atoms with van der Waals surface area (Å²) in [6.07, 6.45) is 1.59. The molecule has 8 heteroatoms. The first-order chi connectivity index (χ1) is 14.4. The second-order valence-corrected chi connectivity index (χ2v) is 8.83. The molecule has 0 aliphatic carbocycles. The Kier molecular flexibility index (Phi) is 8.24. The van der Waals surface area contributed by atoms with E-state index < -0.39 is 0 Å². The van der Waals surface area contributed by atoms with E-state index in [2.05, 4.69) is 49.0 Å². The zero-order valence-corrected chi connectivity index (χ0v) is 20.0. The van der Waals surface area contributed by atoms with Crippen LogP contribution in [0.15, 0.2) is 70.2 Å². The van der Waals surface area contributed by atoms with Gasteiger partial charge < -0.3 is 4.74 Å². The highest BCUT2D eigenvalue weighted by Crippen LogP contribution is 2.34. The van der Waals surface area contributed by atoms with Crippen LogP contribution in [0.4, 0.5) is 4.39 Å². The molecule has 0 bridgehead atoms. The van der Waals surface area contributed by atoms with Gasteiger partial charge in [-0.15, -0.1) is 0 Å². The molecule has 0 fully saturated rings. The normalized spacial score (nSPS) is 10.9. The van der Waals surface area contributed by atoms with Crippen molar-refractivity contribution in [1.82, 2.24) is 5.43 Å². The first-order valence-electron chi connectivity index (χ1n) is 8.83. The van der Waals surface area contributed by atoms with Gasteiger partial charge in [0.2, 0.25) is 5.91 Å². The summed E-state index contributed by atoms with van der Waals surface area (Å²) >= 11 is 12.1. The fourth-order valence-corrected chi connectivity index (χ4v) is 3.88. The van der Waals surface area contributed by atoms with Crippen molar-refractivity contribution in [2.45, 2.75) is 13.0 Å². The molecule has 154 valence electrons. The number of hydrogen-bond acceptors (Lipinski definition) is 3. The minimum Gasteiger partial charge on any atom is -0.486 e. The molecule has 4 nitrogen and oxygen atoms in total. The maximum Gasteiger partial charge on any atom is 0.244 e. The molecule has 0 aliphatic rings. The van der Waals surface area contributed by atoms with Gasteiger partial charge in [-0.05, 0) is 91.6 Å². The van der Waals surface area contributed by atoms with E-state index in [4.69, 9.17) is 16.3 Å². The summed E-state index contributed by atoms with van der Waals surface area (Å²) < 4.78 is 20.6. The van der Waals surface area contributed by atoms with Crippen LogP contribution in [-0.4, -0.2) is 12.1 Å². The first kappa shape index (κ1) is 22.7. The number of nitrogens with one attached hydrogen (secondary N) is 1. The van der Waals surface area contributed by atoms with Crippen LogP contribution in [0.2, 0.25) is 5.02 Å². The second kappa shape index (κ2) is 10.9. The van der Waals surface area contributed by atoms with Crippen LogP contribution in [0.3, 0.4) is 0 Å².